The lowest BCUT2D eigenvalue weighted by Gasteiger charge is -2.32. The number of para-hydroxylation sites is 1. The average Bonchev–Trinajstić information content (AvgIpc) is 3.33. The molecule has 0 atom stereocenters. The zero-order chi connectivity index (χ0) is 23.3. The van der Waals surface area contributed by atoms with Crippen LogP contribution in [0.2, 0.25) is 0 Å². The van der Waals surface area contributed by atoms with Crippen molar-refractivity contribution in [3.8, 4) is 0 Å². The topological polar surface area (TPSA) is 92.3 Å². The summed E-state index contributed by atoms with van der Waals surface area (Å²) in [5.74, 6) is 0.401. The zero-order valence-electron chi connectivity index (χ0n) is 18.8. The lowest BCUT2D eigenvalue weighted by atomic mass is 9.81. The summed E-state index contributed by atoms with van der Waals surface area (Å²) in [4.78, 5) is 15.4. The number of nitrogens with one attached hydrogen (secondary N) is 1. The number of carbonyl (C=O) groups is 1. The van der Waals surface area contributed by atoms with Gasteiger partial charge in [-0.25, -0.2) is 13.1 Å². The highest BCUT2D eigenvalue weighted by atomic mass is 32.2. The molecule has 0 unspecified atom stereocenters. The molecule has 1 heterocycles. The van der Waals surface area contributed by atoms with Crippen LogP contribution in [0.4, 0.5) is 5.69 Å². The number of sulfonamides is 1. The summed E-state index contributed by atoms with van der Waals surface area (Å²) in [5, 5.41) is 0. The molecule has 1 aliphatic carbocycles. The SMILES string of the molecule is CCCCN(C(=O)C1CCC(CNS(=O)(=O)c2cccc3nsnc23)CC1)c1ccccc1. The molecule has 1 fully saturated rings. The molecule has 1 aliphatic rings. The van der Waals surface area contributed by atoms with Crippen LogP contribution in [-0.4, -0.2) is 36.2 Å². The second-order valence-corrected chi connectivity index (χ2v) is 10.9. The Morgan fingerprint density at radius 2 is 1.82 bits per heavy atom. The Bertz CT molecular complexity index is 1170. The Hall–Kier alpha value is -2.36. The molecule has 1 aromatic heterocycles. The number of anilines is 1. The number of amides is 1. The van der Waals surface area contributed by atoms with Crippen LogP contribution in [0.15, 0.2) is 53.4 Å². The Balaban J connectivity index is 1.34. The first kappa shape index (κ1) is 23.8. The molecule has 0 saturated heterocycles. The first-order chi connectivity index (χ1) is 16.0. The smallest absolute Gasteiger partial charge is 0.242 e. The van der Waals surface area contributed by atoms with Crippen molar-refractivity contribution in [2.75, 3.05) is 18.0 Å². The van der Waals surface area contributed by atoms with Gasteiger partial charge in [-0.1, -0.05) is 37.6 Å². The van der Waals surface area contributed by atoms with E-state index in [1.807, 2.05) is 35.2 Å². The fourth-order valence-corrected chi connectivity index (χ4v) is 6.31. The molecule has 0 bridgehead atoms. The Labute approximate surface area is 199 Å². The second kappa shape index (κ2) is 10.7. The zero-order valence-corrected chi connectivity index (χ0v) is 20.4. The molecule has 1 saturated carbocycles. The Kier molecular flexibility index (Phi) is 7.72. The van der Waals surface area contributed by atoms with E-state index >= 15 is 0 Å². The van der Waals surface area contributed by atoms with Crippen molar-refractivity contribution in [1.82, 2.24) is 13.5 Å². The van der Waals surface area contributed by atoms with E-state index in [1.165, 1.54) is 0 Å². The number of hydrogen-bond acceptors (Lipinski definition) is 6. The van der Waals surface area contributed by atoms with E-state index in [4.69, 9.17) is 0 Å². The van der Waals surface area contributed by atoms with Gasteiger partial charge in [0.15, 0.2) is 0 Å². The summed E-state index contributed by atoms with van der Waals surface area (Å²) in [7, 11) is -3.67. The minimum Gasteiger partial charge on any atom is -0.312 e. The van der Waals surface area contributed by atoms with E-state index in [2.05, 4.69) is 20.4 Å². The van der Waals surface area contributed by atoms with Gasteiger partial charge in [-0.05, 0) is 62.3 Å². The molecular weight excluding hydrogens is 456 g/mol. The summed E-state index contributed by atoms with van der Waals surface area (Å²) in [5.41, 5.74) is 1.96. The van der Waals surface area contributed by atoms with Crippen molar-refractivity contribution in [2.45, 2.75) is 50.3 Å². The molecule has 0 radical (unpaired) electrons. The van der Waals surface area contributed by atoms with E-state index in [0.29, 0.717) is 17.6 Å². The summed E-state index contributed by atoms with van der Waals surface area (Å²) >= 11 is 1.01. The standard InChI is InChI=1S/C24H30N4O3S2/c1-2-3-16-28(20-8-5-4-6-9-20)24(29)19-14-12-18(13-15-19)17-25-33(30,31)22-11-7-10-21-23(22)27-32-26-21/h4-11,18-19,25H,2-3,12-17H2,1H3. The van der Waals surface area contributed by atoms with Gasteiger partial charge in [0.2, 0.25) is 15.9 Å². The van der Waals surface area contributed by atoms with E-state index < -0.39 is 10.0 Å². The maximum atomic E-state index is 13.3. The van der Waals surface area contributed by atoms with Crippen LogP contribution in [-0.2, 0) is 14.8 Å². The molecule has 2 aromatic carbocycles. The first-order valence-electron chi connectivity index (χ1n) is 11.6. The van der Waals surface area contributed by atoms with Gasteiger partial charge in [-0.15, -0.1) is 0 Å². The molecule has 3 aromatic rings. The minimum absolute atomic E-state index is 0.00949. The van der Waals surface area contributed by atoms with Crippen LogP contribution >= 0.6 is 11.7 Å². The highest BCUT2D eigenvalue weighted by Gasteiger charge is 2.31. The molecule has 0 aliphatic heterocycles. The van der Waals surface area contributed by atoms with E-state index in [-0.39, 0.29) is 22.6 Å². The second-order valence-electron chi connectivity index (χ2n) is 8.64. The van der Waals surface area contributed by atoms with Gasteiger partial charge in [0.25, 0.3) is 0 Å². The van der Waals surface area contributed by atoms with Crippen molar-refractivity contribution in [2.24, 2.45) is 11.8 Å². The van der Waals surface area contributed by atoms with Crippen LogP contribution < -0.4 is 9.62 Å². The van der Waals surface area contributed by atoms with Crippen molar-refractivity contribution < 1.29 is 13.2 Å². The summed E-state index contributed by atoms with van der Waals surface area (Å²) in [6.07, 6.45) is 5.24. The van der Waals surface area contributed by atoms with Crippen LogP contribution in [0, 0.1) is 11.8 Å². The highest BCUT2D eigenvalue weighted by Crippen LogP contribution is 2.32. The third-order valence-corrected chi connectivity index (χ3v) is 8.36. The third-order valence-electron chi connectivity index (χ3n) is 6.37. The van der Waals surface area contributed by atoms with Crippen LogP contribution in [0.5, 0.6) is 0 Å². The number of unbranched alkanes of at least 4 members (excludes halogenated alkanes) is 1. The van der Waals surface area contributed by atoms with Gasteiger partial charge in [-0.3, -0.25) is 4.79 Å². The van der Waals surface area contributed by atoms with Gasteiger partial charge in [-0.2, -0.15) is 8.75 Å². The molecule has 0 spiro atoms. The average molecular weight is 487 g/mol. The Morgan fingerprint density at radius 1 is 1.06 bits per heavy atom. The van der Waals surface area contributed by atoms with E-state index in [0.717, 1.165) is 62.5 Å². The Morgan fingerprint density at radius 3 is 2.55 bits per heavy atom. The lowest BCUT2D eigenvalue weighted by molar-refractivity contribution is -0.123. The largest absolute Gasteiger partial charge is 0.312 e. The van der Waals surface area contributed by atoms with Gasteiger partial charge >= 0.3 is 0 Å². The third kappa shape index (κ3) is 5.59. The van der Waals surface area contributed by atoms with Crippen molar-refractivity contribution in [1.29, 1.82) is 0 Å². The van der Waals surface area contributed by atoms with Gasteiger partial charge in [0, 0.05) is 24.7 Å². The predicted molar refractivity (Wildman–Crippen MR) is 132 cm³/mol. The fourth-order valence-electron chi connectivity index (χ4n) is 4.43. The molecule has 1 amide bonds. The molecule has 1 N–H and O–H groups in total. The van der Waals surface area contributed by atoms with E-state index in [9.17, 15) is 13.2 Å². The number of rotatable bonds is 9. The fraction of sp³-hybridized carbons (Fsp3) is 0.458. The summed E-state index contributed by atoms with van der Waals surface area (Å²) < 4.78 is 36.8. The monoisotopic (exact) mass is 486 g/mol. The molecule has 176 valence electrons. The van der Waals surface area contributed by atoms with Crippen LogP contribution in [0.25, 0.3) is 11.0 Å². The molecule has 4 rings (SSSR count). The normalized spacial score (nSPS) is 18.9. The van der Waals surface area contributed by atoms with Gasteiger partial charge in [0.1, 0.15) is 15.9 Å². The predicted octanol–water partition coefficient (Wildman–Crippen LogP) is 4.61. The maximum Gasteiger partial charge on any atom is 0.242 e. The van der Waals surface area contributed by atoms with Gasteiger partial charge < -0.3 is 4.90 Å². The molecular formula is C24H30N4O3S2. The summed E-state index contributed by atoms with van der Waals surface area (Å²) in [6.45, 7) is 3.23. The number of nitrogens with zero attached hydrogens (tertiary/aromatic N) is 3. The van der Waals surface area contributed by atoms with Crippen molar-refractivity contribution >= 4 is 44.4 Å². The molecule has 7 nitrogen and oxygen atoms in total. The van der Waals surface area contributed by atoms with Crippen molar-refractivity contribution in [3.05, 3.63) is 48.5 Å². The first-order valence-corrected chi connectivity index (χ1v) is 13.8. The van der Waals surface area contributed by atoms with Crippen molar-refractivity contribution in [3.63, 3.8) is 0 Å². The molecule has 9 heteroatoms. The summed E-state index contributed by atoms with van der Waals surface area (Å²) in [6, 6.07) is 14.9. The maximum absolute atomic E-state index is 13.3. The number of hydrogen-bond donors (Lipinski definition) is 1. The van der Waals surface area contributed by atoms with Crippen LogP contribution in [0.1, 0.15) is 45.4 Å². The lowest BCUT2D eigenvalue weighted by Crippen LogP contribution is -2.39. The quantitative estimate of drug-likeness (QED) is 0.477. The van der Waals surface area contributed by atoms with E-state index in [1.54, 1.807) is 18.2 Å². The minimum atomic E-state index is -3.67. The highest BCUT2D eigenvalue weighted by molar-refractivity contribution is 7.89. The van der Waals surface area contributed by atoms with Crippen LogP contribution in [0.3, 0.4) is 0 Å². The van der Waals surface area contributed by atoms with Gasteiger partial charge in [0.05, 0.1) is 11.7 Å². The number of fused-ring (bicyclic) bond motifs is 1. The number of aromatic nitrogens is 2. The molecule has 33 heavy (non-hydrogen) atoms. The number of carbonyl (C=O) groups excluding carboxylic acids is 1. The number of benzene rings is 2.